The molecule has 1 aliphatic heterocycles. The lowest BCUT2D eigenvalue weighted by molar-refractivity contribution is -0.145. The molecule has 2 rings (SSSR count). The van der Waals surface area contributed by atoms with Crippen molar-refractivity contribution in [2.75, 3.05) is 13.1 Å². The molecule has 0 saturated carbocycles. The van der Waals surface area contributed by atoms with Gasteiger partial charge >= 0.3 is 5.97 Å². The number of carbonyl (C=O) groups is 5. The lowest BCUT2D eigenvalue weighted by Crippen LogP contribution is -2.57. The third-order valence-electron chi connectivity index (χ3n) is 5.75. The zero-order valence-corrected chi connectivity index (χ0v) is 19.4. The summed E-state index contributed by atoms with van der Waals surface area (Å²) < 4.78 is 0. The molecule has 10 N–H and O–H groups in total. The predicted molar refractivity (Wildman–Crippen MR) is 123 cm³/mol. The Hall–Kier alpha value is -3.52. The Balaban J connectivity index is 2.07. The van der Waals surface area contributed by atoms with Gasteiger partial charge in [0.05, 0.1) is 18.8 Å². The molecule has 4 unspecified atom stereocenters. The first-order chi connectivity index (χ1) is 16.6. The molecular formula is C21H34N8O6. The van der Waals surface area contributed by atoms with Gasteiger partial charge in [0.25, 0.3) is 0 Å². The van der Waals surface area contributed by atoms with E-state index in [2.05, 4.69) is 20.6 Å². The van der Waals surface area contributed by atoms with Crippen molar-refractivity contribution in [1.29, 1.82) is 0 Å². The largest absolute Gasteiger partial charge is 0.480 e. The second kappa shape index (κ2) is 13.4. The van der Waals surface area contributed by atoms with E-state index in [1.165, 1.54) is 17.4 Å². The molecule has 35 heavy (non-hydrogen) atoms. The maximum absolute atomic E-state index is 13.2. The summed E-state index contributed by atoms with van der Waals surface area (Å²) in [6.45, 7) is 0.608. The van der Waals surface area contributed by atoms with Crippen LogP contribution in [0.1, 0.15) is 44.2 Å². The number of imidazole rings is 1. The Kier molecular flexibility index (Phi) is 10.6. The molecule has 1 saturated heterocycles. The van der Waals surface area contributed by atoms with Crippen molar-refractivity contribution in [2.45, 2.75) is 69.1 Å². The number of aromatic nitrogens is 2. The van der Waals surface area contributed by atoms with E-state index in [0.717, 1.165) is 0 Å². The molecule has 1 aromatic heterocycles. The van der Waals surface area contributed by atoms with Gasteiger partial charge in [-0.2, -0.15) is 0 Å². The predicted octanol–water partition coefficient (Wildman–Crippen LogP) is -2.67. The van der Waals surface area contributed by atoms with Crippen LogP contribution in [0.15, 0.2) is 12.5 Å². The van der Waals surface area contributed by atoms with Crippen molar-refractivity contribution in [3.63, 3.8) is 0 Å². The molecule has 1 fully saturated rings. The van der Waals surface area contributed by atoms with Crippen molar-refractivity contribution in [3.8, 4) is 0 Å². The van der Waals surface area contributed by atoms with E-state index in [1.807, 2.05) is 0 Å². The molecule has 0 spiro atoms. The van der Waals surface area contributed by atoms with Gasteiger partial charge in [0, 0.05) is 24.9 Å². The summed E-state index contributed by atoms with van der Waals surface area (Å²) in [6, 6.07) is -4.40. The van der Waals surface area contributed by atoms with Crippen molar-refractivity contribution in [2.24, 2.45) is 17.2 Å². The number of aromatic amines is 1. The van der Waals surface area contributed by atoms with Crippen LogP contribution in [0.4, 0.5) is 0 Å². The Morgan fingerprint density at radius 1 is 1.20 bits per heavy atom. The van der Waals surface area contributed by atoms with Crippen LogP contribution in [0.2, 0.25) is 0 Å². The smallest absolute Gasteiger partial charge is 0.326 e. The number of amides is 4. The third kappa shape index (κ3) is 8.33. The summed E-state index contributed by atoms with van der Waals surface area (Å²) in [6.07, 6.45) is 4.72. The molecule has 14 heteroatoms. The van der Waals surface area contributed by atoms with Crippen LogP contribution in [0, 0.1) is 0 Å². The lowest BCUT2D eigenvalue weighted by atomic mass is 10.1. The lowest BCUT2D eigenvalue weighted by Gasteiger charge is -2.29. The normalized spacial score (nSPS) is 17.9. The summed E-state index contributed by atoms with van der Waals surface area (Å²) in [7, 11) is 0. The van der Waals surface area contributed by atoms with Gasteiger partial charge in [0.1, 0.15) is 18.1 Å². The van der Waals surface area contributed by atoms with E-state index >= 15 is 0 Å². The van der Waals surface area contributed by atoms with Crippen LogP contribution in [-0.2, 0) is 30.4 Å². The third-order valence-corrected chi connectivity index (χ3v) is 5.75. The number of hydrogen-bond acceptors (Lipinski definition) is 8. The molecule has 1 aromatic rings. The molecule has 0 bridgehead atoms. The van der Waals surface area contributed by atoms with E-state index < -0.39 is 60.2 Å². The van der Waals surface area contributed by atoms with Gasteiger partial charge in [-0.15, -0.1) is 0 Å². The van der Waals surface area contributed by atoms with Crippen LogP contribution in [0.5, 0.6) is 0 Å². The maximum atomic E-state index is 13.2. The fraction of sp³-hybridized carbons (Fsp3) is 0.619. The minimum atomic E-state index is -1.32. The number of hydrogen-bond donors (Lipinski definition) is 7. The fourth-order valence-electron chi connectivity index (χ4n) is 3.93. The van der Waals surface area contributed by atoms with Crippen LogP contribution >= 0.6 is 0 Å². The second-order valence-electron chi connectivity index (χ2n) is 8.49. The molecule has 0 aromatic carbocycles. The van der Waals surface area contributed by atoms with Crippen molar-refractivity contribution in [3.05, 3.63) is 18.2 Å². The number of nitrogens with two attached hydrogens (primary N) is 3. The number of H-pyrrole nitrogens is 1. The molecule has 1 aliphatic rings. The van der Waals surface area contributed by atoms with Gasteiger partial charge < -0.3 is 42.8 Å². The topological polar surface area (TPSA) is 240 Å². The average Bonchev–Trinajstić information content (AvgIpc) is 3.49. The van der Waals surface area contributed by atoms with Crippen molar-refractivity contribution < 1.29 is 29.1 Å². The van der Waals surface area contributed by atoms with E-state index in [4.69, 9.17) is 17.2 Å². The summed E-state index contributed by atoms with van der Waals surface area (Å²) in [5.41, 5.74) is 17.3. The van der Waals surface area contributed by atoms with Gasteiger partial charge in [0.15, 0.2) is 0 Å². The van der Waals surface area contributed by atoms with E-state index in [9.17, 15) is 29.1 Å². The standard InChI is InChI=1S/C21H34N8O6/c22-6-2-1-4-14(21(34)35)27-19(32)16-5-3-7-29(16)20(33)15(9-17(24)30)28-18(31)13(23)8-12-10-25-11-26-12/h10-11,13-16H,1-9,22-23H2,(H2,24,30)(H,25,26)(H,27,32)(H,28,31)(H,34,35). The minimum Gasteiger partial charge on any atom is -0.480 e. The SMILES string of the molecule is NCCCCC(NC(=O)C1CCCN1C(=O)C(CC(N)=O)NC(=O)C(N)Cc1cnc[nH]1)C(=O)O. The van der Waals surface area contributed by atoms with E-state index in [0.29, 0.717) is 37.9 Å². The number of aliphatic carboxylic acids is 1. The van der Waals surface area contributed by atoms with Crippen LogP contribution in [0.3, 0.4) is 0 Å². The number of carboxylic acids is 1. The molecule has 194 valence electrons. The van der Waals surface area contributed by atoms with Gasteiger partial charge in [-0.25, -0.2) is 9.78 Å². The number of rotatable bonds is 14. The molecular weight excluding hydrogens is 460 g/mol. The first kappa shape index (κ1) is 27.7. The summed E-state index contributed by atoms with van der Waals surface area (Å²) in [4.78, 5) is 69.7. The zero-order valence-electron chi connectivity index (χ0n) is 19.4. The molecule has 0 aliphatic carbocycles. The van der Waals surface area contributed by atoms with Crippen molar-refractivity contribution in [1.82, 2.24) is 25.5 Å². The highest BCUT2D eigenvalue weighted by Crippen LogP contribution is 2.20. The highest BCUT2D eigenvalue weighted by molar-refractivity contribution is 5.96. The first-order valence-corrected chi connectivity index (χ1v) is 11.5. The Bertz CT molecular complexity index is 892. The monoisotopic (exact) mass is 494 g/mol. The molecule has 0 radical (unpaired) electrons. The van der Waals surface area contributed by atoms with E-state index in [1.54, 1.807) is 0 Å². The average molecular weight is 495 g/mol. The molecule has 4 atom stereocenters. The molecule has 2 heterocycles. The first-order valence-electron chi connectivity index (χ1n) is 11.5. The number of primary amides is 1. The van der Waals surface area contributed by atoms with Crippen molar-refractivity contribution >= 4 is 29.6 Å². The summed E-state index contributed by atoms with van der Waals surface area (Å²) in [5.74, 6) is -3.96. The van der Waals surface area contributed by atoms with Gasteiger partial charge in [0.2, 0.25) is 23.6 Å². The number of nitrogens with one attached hydrogen (secondary N) is 3. The summed E-state index contributed by atoms with van der Waals surface area (Å²) >= 11 is 0. The highest BCUT2D eigenvalue weighted by atomic mass is 16.4. The maximum Gasteiger partial charge on any atom is 0.326 e. The Morgan fingerprint density at radius 3 is 2.54 bits per heavy atom. The second-order valence-corrected chi connectivity index (χ2v) is 8.49. The van der Waals surface area contributed by atoms with Gasteiger partial charge in [-0.3, -0.25) is 19.2 Å². The van der Waals surface area contributed by atoms with Crippen LogP contribution in [0.25, 0.3) is 0 Å². The number of likely N-dealkylation sites (tertiary alicyclic amines) is 1. The fourth-order valence-corrected chi connectivity index (χ4v) is 3.93. The highest BCUT2D eigenvalue weighted by Gasteiger charge is 2.39. The quantitative estimate of drug-likeness (QED) is 0.133. The summed E-state index contributed by atoms with van der Waals surface area (Å²) in [5, 5.41) is 14.4. The molecule has 14 nitrogen and oxygen atoms in total. The number of carbonyl (C=O) groups excluding carboxylic acids is 4. The Labute approximate surface area is 202 Å². The molecule has 4 amide bonds. The van der Waals surface area contributed by atoms with Crippen LogP contribution < -0.4 is 27.8 Å². The zero-order chi connectivity index (χ0) is 26.0. The van der Waals surface area contributed by atoms with Crippen LogP contribution in [-0.4, -0.2) is 86.8 Å². The minimum absolute atomic E-state index is 0.124. The number of unbranched alkanes of at least 4 members (excludes halogenated alkanes) is 1. The Morgan fingerprint density at radius 2 is 1.94 bits per heavy atom. The van der Waals surface area contributed by atoms with E-state index in [-0.39, 0.29) is 19.4 Å². The number of carboxylic acid groups (broad SMARTS) is 1. The van der Waals surface area contributed by atoms with Gasteiger partial charge in [-0.05, 0) is 38.6 Å². The van der Waals surface area contributed by atoms with Gasteiger partial charge in [-0.1, -0.05) is 0 Å². The number of nitrogens with zero attached hydrogens (tertiary/aromatic N) is 2.